The fourth-order valence-corrected chi connectivity index (χ4v) is 2.45. The van der Waals surface area contributed by atoms with E-state index in [-0.39, 0.29) is 5.91 Å². The van der Waals surface area contributed by atoms with Crippen molar-refractivity contribution < 1.29 is 9.63 Å². The van der Waals surface area contributed by atoms with Crippen LogP contribution in [0.5, 0.6) is 0 Å². The molecule has 3 aromatic rings. The zero-order chi connectivity index (χ0) is 16.9. The highest BCUT2D eigenvalue weighted by atomic mass is 16.6. The van der Waals surface area contributed by atoms with E-state index in [1.807, 2.05) is 68.4 Å². The number of hydroxylamine groups is 1. The Hall–Kier alpha value is -2.92. The fourth-order valence-electron chi connectivity index (χ4n) is 2.45. The molecule has 5 heteroatoms. The number of carbonyl (C=O) groups excluding carboxylic acids is 1. The van der Waals surface area contributed by atoms with Gasteiger partial charge < -0.3 is 0 Å². The summed E-state index contributed by atoms with van der Waals surface area (Å²) in [5, 5.41) is 4.62. The predicted molar refractivity (Wildman–Crippen MR) is 92.8 cm³/mol. The number of nitrogens with one attached hydrogen (secondary N) is 1. The highest BCUT2D eigenvalue weighted by molar-refractivity contribution is 5.99. The second-order valence-electron chi connectivity index (χ2n) is 5.41. The molecule has 0 spiro atoms. The lowest BCUT2D eigenvalue weighted by Crippen LogP contribution is -2.23. The predicted octanol–water partition coefficient (Wildman–Crippen LogP) is 3.53. The first-order valence-corrected chi connectivity index (χ1v) is 7.83. The van der Waals surface area contributed by atoms with Crippen LogP contribution in [0.1, 0.15) is 22.8 Å². The molecule has 0 aliphatic rings. The van der Waals surface area contributed by atoms with Crippen molar-refractivity contribution in [3.05, 3.63) is 71.9 Å². The van der Waals surface area contributed by atoms with Gasteiger partial charge in [0.1, 0.15) is 5.69 Å². The maximum Gasteiger partial charge on any atom is 0.278 e. The van der Waals surface area contributed by atoms with Gasteiger partial charge in [-0.15, -0.1) is 0 Å². The van der Waals surface area contributed by atoms with Crippen molar-refractivity contribution in [3.8, 4) is 16.9 Å². The third kappa shape index (κ3) is 3.36. The minimum atomic E-state index is -0.310. The van der Waals surface area contributed by atoms with Crippen LogP contribution in [0.15, 0.2) is 60.8 Å². The summed E-state index contributed by atoms with van der Waals surface area (Å²) in [6.07, 6.45) is 1.72. The zero-order valence-electron chi connectivity index (χ0n) is 13.7. The number of carbonyl (C=O) groups is 1. The zero-order valence-corrected chi connectivity index (χ0v) is 13.7. The van der Waals surface area contributed by atoms with E-state index in [4.69, 9.17) is 4.84 Å². The van der Waals surface area contributed by atoms with Crippen molar-refractivity contribution in [3.63, 3.8) is 0 Å². The van der Waals surface area contributed by atoms with Crippen molar-refractivity contribution >= 4 is 5.91 Å². The maximum absolute atomic E-state index is 12.4. The van der Waals surface area contributed by atoms with Crippen molar-refractivity contribution in [1.29, 1.82) is 0 Å². The molecule has 122 valence electrons. The van der Waals surface area contributed by atoms with Crippen LogP contribution in [0.4, 0.5) is 0 Å². The van der Waals surface area contributed by atoms with E-state index in [2.05, 4.69) is 10.6 Å². The Morgan fingerprint density at radius 3 is 2.67 bits per heavy atom. The summed E-state index contributed by atoms with van der Waals surface area (Å²) in [5.74, 6) is -0.310. The fraction of sp³-hybridized carbons (Fsp3) is 0.158. The molecule has 0 atom stereocenters. The number of benzene rings is 2. The topological polar surface area (TPSA) is 56.1 Å². The Labute approximate surface area is 140 Å². The molecule has 0 saturated carbocycles. The molecule has 0 unspecified atom stereocenters. The Balaban J connectivity index is 2.08. The van der Waals surface area contributed by atoms with Crippen LogP contribution in [0.2, 0.25) is 0 Å². The van der Waals surface area contributed by atoms with Gasteiger partial charge >= 0.3 is 0 Å². The normalized spacial score (nSPS) is 10.6. The van der Waals surface area contributed by atoms with Gasteiger partial charge in [-0.05, 0) is 32.0 Å². The molecule has 2 aromatic carbocycles. The van der Waals surface area contributed by atoms with Crippen LogP contribution in [0.3, 0.4) is 0 Å². The number of hydrogen-bond donors (Lipinski definition) is 1. The van der Waals surface area contributed by atoms with Crippen LogP contribution in [0.25, 0.3) is 16.9 Å². The molecule has 1 amide bonds. The van der Waals surface area contributed by atoms with E-state index in [0.717, 1.165) is 16.8 Å². The third-order valence-corrected chi connectivity index (χ3v) is 3.58. The van der Waals surface area contributed by atoms with Crippen LogP contribution in [-0.4, -0.2) is 22.3 Å². The molecule has 0 aliphatic carbocycles. The highest BCUT2D eigenvalue weighted by Crippen LogP contribution is 2.24. The Morgan fingerprint density at radius 1 is 1.17 bits per heavy atom. The van der Waals surface area contributed by atoms with Crippen molar-refractivity contribution in [1.82, 2.24) is 15.3 Å². The second-order valence-corrected chi connectivity index (χ2v) is 5.41. The van der Waals surface area contributed by atoms with E-state index in [9.17, 15) is 4.79 Å². The Bertz CT molecular complexity index is 841. The monoisotopic (exact) mass is 321 g/mol. The lowest BCUT2D eigenvalue weighted by Gasteiger charge is -2.04. The van der Waals surface area contributed by atoms with E-state index >= 15 is 0 Å². The molecular formula is C19H19N3O2. The lowest BCUT2D eigenvalue weighted by molar-refractivity contribution is 0.0365. The minimum absolute atomic E-state index is 0.310. The number of amides is 1. The molecule has 0 saturated heterocycles. The van der Waals surface area contributed by atoms with Crippen LogP contribution in [-0.2, 0) is 4.84 Å². The Morgan fingerprint density at radius 2 is 1.96 bits per heavy atom. The first kappa shape index (κ1) is 16.0. The molecule has 0 aliphatic heterocycles. The SMILES string of the molecule is CCONC(=O)c1cn(-c2ccccc2)nc1-c1cccc(C)c1. The largest absolute Gasteiger partial charge is 0.278 e. The quantitative estimate of drug-likeness (QED) is 0.731. The van der Waals surface area contributed by atoms with Crippen LogP contribution < -0.4 is 5.48 Å². The van der Waals surface area contributed by atoms with Gasteiger partial charge in [-0.3, -0.25) is 9.63 Å². The average Bonchev–Trinajstić information content (AvgIpc) is 3.06. The minimum Gasteiger partial charge on any atom is -0.274 e. The number of aryl methyl sites for hydroxylation is 1. The van der Waals surface area contributed by atoms with Crippen molar-refractivity contribution in [2.45, 2.75) is 13.8 Å². The van der Waals surface area contributed by atoms with Crippen LogP contribution in [0, 0.1) is 6.92 Å². The van der Waals surface area contributed by atoms with Gasteiger partial charge in [-0.25, -0.2) is 10.2 Å². The van der Waals surface area contributed by atoms with Crippen LogP contribution >= 0.6 is 0 Å². The number of hydrogen-bond acceptors (Lipinski definition) is 3. The molecule has 5 nitrogen and oxygen atoms in total. The molecular weight excluding hydrogens is 302 g/mol. The number of nitrogens with zero attached hydrogens (tertiary/aromatic N) is 2. The van der Waals surface area contributed by atoms with Gasteiger partial charge in [-0.1, -0.05) is 42.0 Å². The molecule has 0 radical (unpaired) electrons. The van der Waals surface area contributed by atoms with Gasteiger partial charge in [0, 0.05) is 11.8 Å². The number of rotatable bonds is 5. The summed E-state index contributed by atoms with van der Waals surface area (Å²) < 4.78 is 1.71. The number of aromatic nitrogens is 2. The smallest absolute Gasteiger partial charge is 0.274 e. The van der Waals surface area contributed by atoms with E-state index in [1.54, 1.807) is 10.9 Å². The van der Waals surface area contributed by atoms with Gasteiger partial charge in [0.2, 0.25) is 0 Å². The first-order chi connectivity index (χ1) is 11.7. The molecule has 0 bridgehead atoms. The van der Waals surface area contributed by atoms with Gasteiger partial charge in [0.15, 0.2) is 0 Å². The second kappa shape index (κ2) is 7.10. The molecule has 1 heterocycles. The highest BCUT2D eigenvalue weighted by Gasteiger charge is 2.18. The van der Waals surface area contributed by atoms with Gasteiger partial charge in [-0.2, -0.15) is 5.10 Å². The summed E-state index contributed by atoms with van der Waals surface area (Å²) in [4.78, 5) is 17.5. The van der Waals surface area contributed by atoms with Gasteiger partial charge in [0.25, 0.3) is 5.91 Å². The van der Waals surface area contributed by atoms with Crippen molar-refractivity contribution in [2.24, 2.45) is 0 Å². The first-order valence-electron chi connectivity index (χ1n) is 7.83. The molecule has 1 aromatic heterocycles. The van der Waals surface area contributed by atoms with E-state index < -0.39 is 0 Å². The summed E-state index contributed by atoms with van der Waals surface area (Å²) in [6.45, 7) is 4.23. The average molecular weight is 321 g/mol. The third-order valence-electron chi connectivity index (χ3n) is 3.58. The Kier molecular flexibility index (Phi) is 4.72. The molecule has 1 N–H and O–H groups in total. The van der Waals surface area contributed by atoms with Gasteiger partial charge in [0.05, 0.1) is 17.9 Å². The standard InChI is InChI=1S/C19H19N3O2/c1-3-24-21-19(23)17-13-22(16-10-5-4-6-11-16)20-18(17)15-9-7-8-14(2)12-15/h4-13H,3H2,1-2H3,(H,21,23). The maximum atomic E-state index is 12.4. The lowest BCUT2D eigenvalue weighted by atomic mass is 10.1. The summed E-state index contributed by atoms with van der Waals surface area (Å²) in [5.41, 5.74) is 6.44. The number of para-hydroxylation sites is 1. The van der Waals surface area contributed by atoms with E-state index in [1.165, 1.54) is 0 Å². The summed E-state index contributed by atoms with van der Waals surface area (Å²) >= 11 is 0. The van der Waals surface area contributed by atoms with Crippen molar-refractivity contribution in [2.75, 3.05) is 6.61 Å². The van der Waals surface area contributed by atoms with E-state index in [0.29, 0.717) is 17.9 Å². The molecule has 24 heavy (non-hydrogen) atoms. The summed E-state index contributed by atoms with van der Waals surface area (Å²) in [6, 6.07) is 17.6. The summed E-state index contributed by atoms with van der Waals surface area (Å²) in [7, 11) is 0. The molecule has 3 rings (SSSR count). The molecule has 0 fully saturated rings.